The normalized spacial score (nSPS) is 26.1. The smallest absolute Gasteiger partial charge is 0.237 e. The van der Waals surface area contributed by atoms with Gasteiger partial charge in [0.15, 0.2) is 0 Å². The summed E-state index contributed by atoms with van der Waals surface area (Å²) in [6.45, 7) is 3.78. The van der Waals surface area contributed by atoms with Crippen LogP contribution in [0.25, 0.3) is 0 Å². The van der Waals surface area contributed by atoms with Gasteiger partial charge in [-0.3, -0.25) is 4.79 Å². The molecule has 0 aliphatic carbocycles. The lowest BCUT2D eigenvalue weighted by Crippen LogP contribution is -2.52. The quantitative estimate of drug-likeness (QED) is 0.564. The lowest BCUT2D eigenvalue weighted by molar-refractivity contribution is -0.124. The largest absolute Gasteiger partial charge is 0.353 e. The molecule has 0 unspecified atom stereocenters. The Hall–Kier alpha value is -0.570. The van der Waals surface area contributed by atoms with E-state index in [1.165, 1.54) is 0 Å². The van der Waals surface area contributed by atoms with Gasteiger partial charge in [0.05, 0.1) is 6.04 Å². The highest BCUT2D eigenvalue weighted by Crippen LogP contribution is 1.98. The third-order valence-electron chi connectivity index (χ3n) is 1.71. The maximum absolute atomic E-state index is 11.0. The van der Waals surface area contributed by atoms with Crippen LogP contribution in [-0.2, 0) is 4.79 Å². The topological polar surface area (TPSA) is 41.1 Å². The number of amides is 1. The van der Waals surface area contributed by atoms with Gasteiger partial charge in [-0.05, 0) is 6.42 Å². The van der Waals surface area contributed by atoms with Gasteiger partial charge in [0.25, 0.3) is 0 Å². The van der Waals surface area contributed by atoms with Gasteiger partial charge in [-0.1, -0.05) is 13.3 Å². The van der Waals surface area contributed by atoms with Crippen LogP contribution < -0.4 is 10.6 Å². The van der Waals surface area contributed by atoms with E-state index in [0.717, 1.165) is 25.9 Å². The van der Waals surface area contributed by atoms with Gasteiger partial charge in [0, 0.05) is 13.1 Å². The summed E-state index contributed by atoms with van der Waals surface area (Å²) in [5, 5.41) is 5.97. The summed E-state index contributed by atoms with van der Waals surface area (Å²) >= 11 is 0. The van der Waals surface area contributed by atoms with Crippen LogP contribution in [0.2, 0.25) is 0 Å². The van der Waals surface area contributed by atoms with Crippen LogP contribution in [0, 0.1) is 0 Å². The van der Waals surface area contributed by atoms with Crippen LogP contribution in [0.5, 0.6) is 0 Å². The highest BCUT2D eigenvalue weighted by molar-refractivity contribution is 5.82. The number of piperazine rings is 1. The zero-order chi connectivity index (χ0) is 7.40. The van der Waals surface area contributed by atoms with Gasteiger partial charge in [-0.25, -0.2) is 0 Å². The fourth-order valence-corrected chi connectivity index (χ4v) is 1.17. The van der Waals surface area contributed by atoms with Crippen molar-refractivity contribution in [1.82, 2.24) is 10.6 Å². The van der Waals surface area contributed by atoms with E-state index in [2.05, 4.69) is 17.6 Å². The van der Waals surface area contributed by atoms with Crippen LogP contribution in [0.4, 0.5) is 0 Å². The molecule has 1 atom stereocenters. The maximum Gasteiger partial charge on any atom is 0.237 e. The minimum Gasteiger partial charge on any atom is -0.353 e. The molecule has 0 aromatic carbocycles. The first-order valence-corrected chi connectivity index (χ1v) is 3.85. The first kappa shape index (κ1) is 7.54. The average Bonchev–Trinajstić information content (AvgIpc) is 1.94. The predicted octanol–water partition coefficient (Wildman–Crippen LogP) is -0.126. The molecule has 0 spiro atoms. The Morgan fingerprint density at radius 3 is 3.00 bits per heavy atom. The molecule has 1 rings (SSSR count). The summed E-state index contributed by atoms with van der Waals surface area (Å²) in [7, 11) is 0. The molecule has 1 heterocycles. The standard InChI is InChI=1S/C7H14N2O/c1-2-3-6-7(10)9-5-4-8-6/h6,8H,2-5H2,1H3,(H,9,10)/t6-/m0/s1. The van der Waals surface area contributed by atoms with E-state index in [4.69, 9.17) is 0 Å². The molecular weight excluding hydrogens is 128 g/mol. The van der Waals surface area contributed by atoms with Crippen LogP contribution >= 0.6 is 0 Å². The number of carbonyl (C=O) groups is 1. The number of nitrogens with one attached hydrogen (secondary N) is 2. The molecule has 1 amide bonds. The summed E-state index contributed by atoms with van der Waals surface area (Å²) in [5.41, 5.74) is 0. The number of carbonyl (C=O) groups excluding carboxylic acids is 1. The highest BCUT2D eigenvalue weighted by Gasteiger charge is 2.19. The lowest BCUT2D eigenvalue weighted by atomic mass is 10.1. The van der Waals surface area contributed by atoms with Crippen LogP contribution in [-0.4, -0.2) is 25.0 Å². The van der Waals surface area contributed by atoms with E-state index in [-0.39, 0.29) is 11.9 Å². The molecule has 0 aromatic rings. The monoisotopic (exact) mass is 142 g/mol. The van der Waals surface area contributed by atoms with E-state index >= 15 is 0 Å². The maximum atomic E-state index is 11.0. The SMILES string of the molecule is CCC[C@@H]1NCCNC1=O. The minimum atomic E-state index is 0.0683. The third-order valence-corrected chi connectivity index (χ3v) is 1.71. The molecular formula is C7H14N2O. The van der Waals surface area contributed by atoms with Gasteiger partial charge >= 0.3 is 0 Å². The summed E-state index contributed by atoms with van der Waals surface area (Å²) < 4.78 is 0. The van der Waals surface area contributed by atoms with Gasteiger partial charge in [0.2, 0.25) is 5.91 Å². The molecule has 10 heavy (non-hydrogen) atoms. The Morgan fingerprint density at radius 2 is 2.40 bits per heavy atom. The summed E-state index contributed by atoms with van der Waals surface area (Å²) in [6, 6.07) is 0.0683. The van der Waals surface area contributed by atoms with Crippen molar-refractivity contribution < 1.29 is 4.79 Å². The molecule has 0 aromatic heterocycles. The van der Waals surface area contributed by atoms with E-state index in [1.807, 2.05) is 0 Å². The minimum absolute atomic E-state index is 0.0683. The zero-order valence-corrected chi connectivity index (χ0v) is 6.31. The third kappa shape index (κ3) is 1.70. The Balaban J connectivity index is 2.32. The van der Waals surface area contributed by atoms with Crippen LogP contribution in [0.15, 0.2) is 0 Å². The first-order chi connectivity index (χ1) is 4.84. The van der Waals surface area contributed by atoms with E-state index in [1.54, 1.807) is 0 Å². The fraction of sp³-hybridized carbons (Fsp3) is 0.857. The molecule has 2 N–H and O–H groups in total. The summed E-state index contributed by atoms with van der Waals surface area (Å²) in [4.78, 5) is 11.0. The molecule has 1 aliphatic heterocycles. The van der Waals surface area contributed by atoms with Crippen molar-refractivity contribution in [2.24, 2.45) is 0 Å². The van der Waals surface area contributed by atoms with Crippen molar-refractivity contribution in [3.05, 3.63) is 0 Å². The molecule has 58 valence electrons. The van der Waals surface area contributed by atoms with Crippen molar-refractivity contribution in [3.63, 3.8) is 0 Å². The molecule has 0 saturated carbocycles. The van der Waals surface area contributed by atoms with Gasteiger partial charge in [0.1, 0.15) is 0 Å². The van der Waals surface area contributed by atoms with Gasteiger partial charge in [-0.2, -0.15) is 0 Å². The van der Waals surface area contributed by atoms with Crippen molar-refractivity contribution in [2.45, 2.75) is 25.8 Å². The predicted molar refractivity (Wildman–Crippen MR) is 39.7 cm³/mol. The lowest BCUT2D eigenvalue weighted by Gasteiger charge is -2.22. The summed E-state index contributed by atoms with van der Waals surface area (Å²) in [5.74, 6) is 0.160. The molecule has 1 saturated heterocycles. The van der Waals surface area contributed by atoms with E-state index < -0.39 is 0 Å². The molecule has 0 bridgehead atoms. The second-order valence-electron chi connectivity index (χ2n) is 2.59. The second kappa shape index (κ2) is 3.56. The fourth-order valence-electron chi connectivity index (χ4n) is 1.17. The molecule has 3 heteroatoms. The van der Waals surface area contributed by atoms with Crippen molar-refractivity contribution in [3.8, 4) is 0 Å². The molecule has 3 nitrogen and oxygen atoms in total. The van der Waals surface area contributed by atoms with Crippen LogP contribution in [0.3, 0.4) is 0 Å². The van der Waals surface area contributed by atoms with Gasteiger partial charge < -0.3 is 10.6 Å². The van der Waals surface area contributed by atoms with Crippen molar-refractivity contribution in [2.75, 3.05) is 13.1 Å². The van der Waals surface area contributed by atoms with Crippen molar-refractivity contribution in [1.29, 1.82) is 0 Å². The Kier molecular flexibility index (Phi) is 2.68. The first-order valence-electron chi connectivity index (χ1n) is 3.85. The average molecular weight is 142 g/mol. The van der Waals surface area contributed by atoms with E-state index in [9.17, 15) is 4.79 Å². The Labute approximate surface area is 61.2 Å². The number of hydrogen-bond acceptors (Lipinski definition) is 2. The molecule has 1 fully saturated rings. The number of hydrogen-bond donors (Lipinski definition) is 2. The Bertz CT molecular complexity index is 123. The molecule has 1 aliphatic rings. The second-order valence-corrected chi connectivity index (χ2v) is 2.59. The Morgan fingerprint density at radius 1 is 1.60 bits per heavy atom. The van der Waals surface area contributed by atoms with E-state index in [0.29, 0.717) is 0 Å². The molecule has 0 radical (unpaired) electrons. The highest BCUT2D eigenvalue weighted by atomic mass is 16.2. The summed E-state index contributed by atoms with van der Waals surface area (Å²) in [6.07, 6.45) is 2.01. The van der Waals surface area contributed by atoms with Gasteiger partial charge in [-0.15, -0.1) is 0 Å². The van der Waals surface area contributed by atoms with Crippen molar-refractivity contribution >= 4 is 5.91 Å². The van der Waals surface area contributed by atoms with Crippen LogP contribution in [0.1, 0.15) is 19.8 Å². The zero-order valence-electron chi connectivity index (χ0n) is 6.31. The number of rotatable bonds is 2.